The van der Waals surface area contributed by atoms with Gasteiger partial charge in [-0.15, -0.1) is 81.2 Å². The van der Waals surface area contributed by atoms with Crippen LogP contribution in [0.15, 0.2) is 133 Å². The number of hydrogen-bond donors (Lipinski definition) is 0. The minimum Gasteiger partial charge on any atom is -0.165 e. The zero-order valence-electron chi connectivity index (χ0n) is 22.5. The van der Waals surface area contributed by atoms with Gasteiger partial charge in [-0.2, -0.15) is 12.1 Å². The minimum atomic E-state index is 0. The zero-order valence-corrected chi connectivity index (χ0v) is 27.1. The number of fused-ring (bicyclic) bond motifs is 2. The molecule has 0 fully saturated rings. The quantitative estimate of drug-likeness (QED) is 0.123. The first-order valence-corrected chi connectivity index (χ1v) is 14.4. The van der Waals surface area contributed by atoms with Crippen molar-refractivity contribution in [3.05, 3.63) is 145 Å². The van der Waals surface area contributed by atoms with E-state index in [4.69, 9.17) is 0 Å². The molecule has 0 spiro atoms. The fourth-order valence-corrected chi connectivity index (χ4v) is 5.56. The topological polar surface area (TPSA) is 0 Å². The maximum absolute atomic E-state index is 2.29. The van der Waals surface area contributed by atoms with Crippen molar-refractivity contribution in [1.29, 1.82) is 0 Å². The Morgan fingerprint density at radius 3 is 1.24 bits per heavy atom. The Hall–Kier alpha value is -2.81. The summed E-state index contributed by atoms with van der Waals surface area (Å²) in [6.07, 6.45) is 4.87. The van der Waals surface area contributed by atoms with Crippen molar-refractivity contribution in [2.24, 2.45) is 0 Å². The first-order valence-electron chi connectivity index (χ1n) is 13.4. The van der Waals surface area contributed by atoms with Crippen LogP contribution in [0.1, 0.15) is 37.8 Å². The molecule has 0 saturated heterocycles. The SMILES string of the molecule is CCCc1cc2ccccc2[cH-]1.CCCc1cc2ccccc2[cH-]1.[Hf].c1ccc([Si]c2ccccc2)cc1. The average Bonchev–Trinajstić information content (AvgIpc) is 3.54. The fraction of sp³-hybridized carbons (Fsp3) is 0.167. The smallest absolute Gasteiger partial charge is 0.121 e. The van der Waals surface area contributed by atoms with Gasteiger partial charge in [-0.05, 0) is 12.8 Å². The molecule has 0 amide bonds. The van der Waals surface area contributed by atoms with E-state index in [0.717, 1.165) is 9.52 Å². The molecule has 0 nitrogen and oxygen atoms in total. The molecule has 0 heterocycles. The molecule has 0 aromatic heterocycles. The van der Waals surface area contributed by atoms with Crippen molar-refractivity contribution >= 4 is 41.4 Å². The van der Waals surface area contributed by atoms with Crippen LogP contribution in [0.2, 0.25) is 0 Å². The van der Waals surface area contributed by atoms with E-state index in [1.165, 1.54) is 68.7 Å². The van der Waals surface area contributed by atoms with Crippen LogP contribution < -0.4 is 10.4 Å². The van der Waals surface area contributed by atoms with Crippen LogP contribution in [0.25, 0.3) is 21.5 Å². The maximum Gasteiger partial charge on any atom is 0.121 e. The van der Waals surface area contributed by atoms with Gasteiger partial charge >= 0.3 is 0 Å². The van der Waals surface area contributed by atoms with E-state index < -0.39 is 0 Å². The molecule has 0 atom stereocenters. The largest absolute Gasteiger partial charge is 0.165 e. The van der Waals surface area contributed by atoms with Crippen molar-refractivity contribution in [3.8, 4) is 0 Å². The molecule has 0 aliphatic rings. The van der Waals surface area contributed by atoms with Gasteiger partial charge in [-0.25, -0.2) is 0 Å². The molecule has 6 aromatic carbocycles. The third kappa shape index (κ3) is 9.18. The van der Waals surface area contributed by atoms with Crippen molar-refractivity contribution in [2.75, 3.05) is 0 Å². The van der Waals surface area contributed by atoms with E-state index in [2.05, 4.69) is 147 Å². The van der Waals surface area contributed by atoms with Gasteiger partial charge in [0.15, 0.2) is 0 Å². The Labute approximate surface area is 250 Å². The van der Waals surface area contributed by atoms with Gasteiger partial charge in [0.2, 0.25) is 0 Å². The predicted octanol–water partition coefficient (Wildman–Crippen LogP) is 8.36. The molecule has 2 radical (unpaired) electrons. The third-order valence-corrected chi connectivity index (χ3v) is 7.51. The molecule has 6 rings (SSSR count). The van der Waals surface area contributed by atoms with Gasteiger partial charge in [0.1, 0.15) is 9.52 Å². The van der Waals surface area contributed by atoms with E-state index in [-0.39, 0.29) is 25.8 Å². The number of benzene rings is 4. The molecule has 38 heavy (non-hydrogen) atoms. The summed E-state index contributed by atoms with van der Waals surface area (Å²) in [5.41, 5.74) is 2.94. The molecule has 6 aromatic rings. The van der Waals surface area contributed by atoms with Gasteiger partial charge < -0.3 is 0 Å². The second kappa shape index (κ2) is 16.2. The molecule has 0 saturated carbocycles. The van der Waals surface area contributed by atoms with Crippen molar-refractivity contribution in [1.82, 2.24) is 0 Å². The zero-order chi connectivity index (χ0) is 25.7. The van der Waals surface area contributed by atoms with Crippen LogP contribution in [-0.4, -0.2) is 9.52 Å². The monoisotopic (exact) mass is 676 g/mol. The Morgan fingerprint density at radius 2 is 0.868 bits per heavy atom. The summed E-state index contributed by atoms with van der Waals surface area (Å²) >= 11 is 0. The summed E-state index contributed by atoms with van der Waals surface area (Å²) in [6.45, 7) is 4.44. The molecule has 2 heteroatoms. The van der Waals surface area contributed by atoms with Crippen LogP contribution in [0.4, 0.5) is 0 Å². The number of aryl methyl sites for hydroxylation is 2. The van der Waals surface area contributed by atoms with Crippen LogP contribution in [0.5, 0.6) is 0 Å². The van der Waals surface area contributed by atoms with Gasteiger partial charge in [-0.3, -0.25) is 0 Å². The fourth-order valence-electron chi connectivity index (χ4n) is 4.51. The first-order chi connectivity index (χ1) is 18.2. The Balaban J connectivity index is 0.000000156. The summed E-state index contributed by atoms with van der Waals surface area (Å²) in [7, 11) is 0.777. The molecular weight excluding hydrogens is 639 g/mol. The van der Waals surface area contributed by atoms with Gasteiger partial charge in [0.05, 0.1) is 0 Å². The Bertz CT molecular complexity index is 1280. The summed E-state index contributed by atoms with van der Waals surface area (Å²) in [4.78, 5) is 0. The summed E-state index contributed by atoms with van der Waals surface area (Å²) in [6, 6.07) is 47.4. The van der Waals surface area contributed by atoms with Crippen LogP contribution in [0, 0.1) is 0 Å². The normalized spacial score (nSPS) is 10.2. The van der Waals surface area contributed by atoms with Gasteiger partial charge in [0.25, 0.3) is 0 Å². The molecule has 0 aliphatic carbocycles. The first kappa shape index (κ1) is 29.7. The Kier molecular flexibility index (Phi) is 12.7. The number of hydrogen-bond acceptors (Lipinski definition) is 0. The van der Waals surface area contributed by atoms with E-state index in [1.54, 1.807) is 0 Å². The summed E-state index contributed by atoms with van der Waals surface area (Å²) in [5.74, 6) is 0. The molecule has 0 aliphatic heterocycles. The van der Waals surface area contributed by atoms with Gasteiger partial charge in [0, 0.05) is 25.8 Å². The Morgan fingerprint density at radius 1 is 0.500 bits per heavy atom. The van der Waals surface area contributed by atoms with E-state index in [1.807, 2.05) is 0 Å². The molecule has 190 valence electrons. The van der Waals surface area contributed by atoms with Crippen LogP contribution in [0.3, 0.4) is 0 Å². The van der Waals surface area contributed by atoms with E-state index >= 15 is 0 Å². The molecule has 0 bridgehead atoms. The van der Waals surface area contributed by atoms with E-state index in [9.17, 15) is 0 Å². The maximum atomic E-state index is 2.29. The van der Waals surface area contributed by atoms with E-state index in [0.29, 0.717) is 0 Å². The van der Waals surface area contributed by atoms with Crippen LogP contribution in [-0.2, 0) is 38.7 Å². The minimum absolute atomic E-state index is 0. The second-order valence-corrected chi connectivity index (χ2v) is 10.7. The summed E-state index contributed by atoms with van der Waals surface area (Å²) in [5, 5.41) is 8.30. The average molecular weight is 675 g/mol. The predicted molar refractivity (Wildman–Crippen MR) is 165 cm³/mol. The molecular formula is C36H36HfSi-2. The molecule has 0 unspecified atom stereocenters. The van der Waals surface area contributed by atoms with Gasteiger partial charge in [-0.1, -0.05) is 110 Å². The second-order valence-electron chi connectivity index (χ2n) is 9.34. The van der Waals surface area contributed by atoms with Crippen LogP contribution >= 0.6 is 0 Å². The summed E-state index contributed by atoms with van der Waals surface area (Å²) < 4.78 is 0. The number of rotatable bonds is 6. The van der Waals surface area contributed by atoms with Crippen molar-refractivity contribution in [2.45, 2.75) is 39.5 Å². The van der Waals surface area contributed by atoms with Crippen molar-refractivity contribution in [3.63, 3.8) is 0 Å². The molecule has 0 N–H and O–H groups in total. The third-order valence-electron chi connectivity index (χ3n) is 6.27. The standard InChI is InChI=1S/C12H10Si.2C12H13.Hf/c1-3-7-11(8-4-1)13-12-9-5-2-6-10-12;2*1-2-5-10-8-11-6-3-4-7-12(11)9-10;/h1-10H;2*3-4,6-9H,2,5H2,1H3;/q;2*-1;. The van der Waals surface area contributed by atoms with Crippen molar-refractivity contribution < 1.29 is 25.8 Å².